The van der Waals surface area contributed by atoms with Crippen molar-refractivity contribution in [3.8, 4) is 0 Å². The number of amidine groups is 1. The molecule has 2 aromatic carbocycles. The van der Waals surface area contributed by atoms with Gasteiger partial charge in [0.1, 0.15) is 11.9 Å². The van der Waals surface area contributed by atoms with Crippen LogP contribution in [-0.4, -0.2) is 28.5 Å². The first-order valence-electron chi connectivity index (χ1n) is 7.47. The zero-order valence-electron chi connectivity index (χ0n) is 13.1. The van der Waals surface area contributed by atoms with Gasteiger partial charge in [-0.3, -0.25) is 4.99 Å². The maximum absolute atomic E-state index is 11.1. The molecule has 0 aromatic heterocycles. The number of carbonyl (C=O) groups is 1. The second-order valence-electron chi connectivity index (χ2n) is 6.49. The molecule has 1 atom stereocenters. The van der Waals surface area contributed by atoms with Crippen LogP contribution >= 0.6 is 0 Å². The molecule has 0 amide bonds. The molecule has 4 nitrogen and oxygen atoms in total. The summed E-state index contributed by atoms with van der Waals surface area (Å²) in [6.45, 7) is 5.82. The van der Waals surface area contributed by atoms with Crippen LogP contribution < -0.4 is 5.32 Å². The summed E-state index contributed by atoms with van der Waals surface area (Å²) in [6.07, 6.45) is 0.879. The predicted molar refractivity (Wildman–Crippen MR) is 88.5 cm³/mol. The molecular weight excluding hydrogens is 276 g/mol. The third-order valence-corrected chi connectivity index (χ3v) is 4.05. The lowest BCUT2D eigenvalue weighted by atomic mass is 9.84. The molecule has 0 aliphatic carbocycles. The topological polar surface area (TPSA) is 61.7 Å². The Bertz CT molecular complexity index is 778. The number of carboxylic acids is 1. The van der Waals surface area contributed by atoms with Crippen molar-refractivity contribution in [1.29, 1.82) is 0 Å². The molecule has 0 radical (unpaired) electrons. The number of hydrogen-bond donors (Lipinski definition) is 2. The summed E-state index contributed by atoms with van der Waals surface area (Å²) in [5.74, 6) is -0.244. The normalized spacial score (nSPS) is 19.5. The van der Waals surface area contributed by atoms with E-state index >= 15 is 0 Å². The van der Waals surface area contributed by atoms with Gasteiger partial charge in [0.05, 0.1) is 0 Å². The van der Waals surface area contributed by atoms with Crippen LogP contribution in [0.15, 0.2) is 41.4 Å². The van der Waals surface area contributed by atoms with Crippen LogP contribution in [0.4, 0.5) is 0 Å². The number of aliphatic imine (C=N–C) groups is 1. The number of fused-ring (bicyclic) bond motifs is 3. The molecule has 1 aliphatic rings. The summed E-state index contributed by atoms with van der Waals surface area (Å²) < 4.78 is 0. The van der Waals surface area contributed by atoms with E-state index in [2.05, 4.69) is 42.4 Å². The van der Waals surface area contributed by atoms with E-state index in [1.165, 1.54) is 16.3 Å². The van der Waals surface area contributed by atoms with Gasteiger partial charge in [0, 0.05) is 11.1 Å². The van der Waals surface area contributed by atoms with E-state index < -0.39 is 12.0 Å². The standard InChI is InChI=1S/C18H20N2O2/c1-11(17(21)22)19-16-14-9-8-12-6-4-5-7-13(12)15(14)10-18(2,3)20-16/h4-9,11H,10H2,1-3H3,(H,19,20)(H,21,22)/t11-/m1/s1. The van der Waals surface area contributed by atoms with E-state index in [1.807, 2.05) is 18.2 Å². The highest BCUT2D eigenvalue weighted by Gasteiger charge is 2.30. The fraction of sp³-hybridized carbons (Fsp3) is 0.333. The first kappa shape index (κ1) is 14.6. The molecule has 2 N–H and O–H groups in total. The highest BCUT2D eigenvalue weighted by molar-refractivity contribution is 6.06. The predicted octanol–water partition coefficient (Wildman–Crippen LogP) is 2.98. The van der Waals surface area contributed by atoms with Gasteiger partial charge in [-0.25, -0.2) is 4.79 Å². The number of aliphatic carboxylic acids is 1. The summed E-state index contributed by atoms with van der Waals surface area (Å²) in [5.41, 5.74) is 2.08. The van der Waals surface area contributed by atoms with E-state index in [9.17, 15) is 4.79 Å². The number of carboxylic acid groups (broad SMARTS) is 1. The molecule has 0 spiro atoms. The Hall–Kier alpha value is -2.36. The van der Waals surface area contributed by atoms with Gasteiger partial charge >= 0.3 is 5.97 Å². The lowest BCUT2D eigenvalue weighted by Crippen LogP contribution is -2.50. The van der Waals surface area contributed by atoms with Crippen LogP contribution in [0.25, 0.3) is 10.8 Å². The summed E-state index contributed by atoms with van der Waals surface area (Å²) in [7, 11) is 0. The van der Waals surface area contributed by atoms with Crippen molar-refractivity contribution in [2.24, 2.45) is 4.99 Å². The lowest BCUT2D eigenvalue weighted by Gasteiger charge is -2.35. The van der Waals surface area contributed by atoms with Crippen LogP contribution in [-0.2, 0) is 11.2 Å². The van der Waals surface area contributed by atoms with Crippen molar-refractivity contribution >= 4 is 22.6 Å². The fourth-order valence-electron chi connectivity index (χ4n) is 2.97. The molecular formula is C18H20N2O2. The van der Waals surface area contributed by atoms with Crippen LogP contribution in [0, 0.1) is 0 Å². The number of rotatable bonds is 2. The molecule has 1 heterocycles. The quantitative estimate of drug-likeness (QED) is 0.895. The molecule has 22 heavy (non-hydrogen) atoms. The van der Waals surface area contributed by atoms with Crippen LogP contribution in [0.2, 0.25) is 0 Å². The van der Waals surface area contributed by atoms with Gasteiger partial charge in [-0.15, -0.1) is 0 Å². The summed E-state index contributed by atoms with van der Waals surface area (Å²) in [4.78, 5) is 15.5. The molecule has 0 unspecified atom stereocenters. The van der Waals surface area contributed by atoms with Gasteiger partial charge in [-0.05, 0) is 43.5 Å². The minimum atomic E-state index is -0.917. The van der Waals surface area contributed by atoms with Crippen molar-refractivity contribution in [2.45, 2.75) is 38.8 Å². The van der Waals surface area contributed by atoms with Gasteiger partial charge < -0.3 is 10.4 Å². The summed E-state index contributed by atoms with van der Waals surface area (Å²) >= 11 is 0. The molecule has 4 heteroatoms. The first-order valence-corrected chi connectivity index (χ1v) is 7.47. The van der Waals surface area contributed by atoms with Gasteiger partial charge in [0.2, 0.25) is 0 Å². The highest BCUT2D eigenvalue weighted by atomic mass is 16.4. The smallest absolute Gasteiger partial charge is 0.328 e. The number of hydrogen-bond acceptors (Lipinski definition) is 2. The molecule has 1 aliphatic heterocycles. The summed E-state index contributed by atoms with van der Waals surface area (Å²) in [6, 6.07) is 11.6. The lowest BCUT2D eigenvalue weighted by molar-refractivity contribution is -0.137. The number of nitrogens with one attached hydrogen (secondary N) is 1. The Morgan fingerprint density at radius 1 is 1.27 bits per heavy atom. The van der Waals surface area contributed by atoms with E-state index in [1.54, 1.807) is 6.92 Å². The molecule has 0 saturated heterocycles. The number of benzene rings is 2. The zero-order chi connectivity index (χ0) is 15.9. The van der Waals surface area contributed by atoms with Crippen molar-refractivity contribution in [1.82, 2.24) is 5.32 Å². The summed E-state index contributed by atoms with van der Waals surface area (Å²) in [5, 5.41) is 14.9. The minimum Gasteiger partial charge on any atom is -0.480 e. The molecule has 0 saturated carbocycles. The van der Waals surface area contributed by atoms with E-state index in [4.69, 9.17) is 5.11 Å². The van der Waals surface area contributed by atoms with Crippen molar-refractivity contribution in [2.75, 3.05) is 0 Å². The molecule has 2 aromatic rings. The second-order valence-corrected chi connectivity index (χ2v) is 6.49. The second kappa shape index (κ2) is 5.13. The Balaban J connectivity index is 2.21. The minimum absolute atomic E-state index is 0.159. The Morgan fingerprint density at radius 3 is 2.73 bits per heavy atom. The SMILES string of the molecule is C[C@@H](N=C1NC(C)(C)Cc2c1ccc1ccccc21)C(=O)O. The number of nitrogens with zero attached hydrogens (tertiary/aromatic N) is 1. The van der Waals surface area contributed by atoms with Gasteiger partial charge in [0.15, 0.2) is 0 Å². The molecule has 3 rings (SSSR count). The molecule has 114 valence electrons. The third kappa shape index (κ3) is 2.56. The molecule has 0 fully saturated rings. The van der Waals surface area contributed by atoms with Crippen LogP contribution in [0.5, 0.6) is 0 Å². The average molecular weight is 296 g/mol. The Labute approximate surface area is 129 Å². The van der Waals surface area contributed by atoms with Crippen LogP contribution in [0.3, 0.4) is 0 Å². The van der Waals surface area contributed by atoms with Crippen molar-refractivity contribution in [3.63, 3.8) is 0 Å². The molecule has 0 bridgehead atoms. The maximum atomic E-state index is 11.1. The van der Waals surface area contributed by atoms with Crippen molar-refractivity contribution < 1.29 is 9.90 Å². The fourth-order valence-corrected chi connectivity index (χ4v) is 2.97. The van der Waals surface area contributed by atoms with E-state index in [-0.39, 0.29) is 5.54 Å². The Kier molecular flexibility index (Phi) is 3.39. The third-order valence-electron chi connectivity index (χ3n) is 4.05. The monoisotopic (exact) mass is 296 g/mol. The van der Waals surface area contributed by atoms with Gasteiger partial charge in [0.25, 0.3) is 0 Å². The van der Waals surface area contributed by atoms with E-state index in [0.29, 0.717) is 5.84 Å². The van der Waals surface area contributed by atoms with Gasteiger partial charge in [-0.2, -0.15) is 0 Å². The highest BCUT2D eigenvalue weighted by Crippen LogP contribution is 2.30. The first-order chi connectivity index (χ1) is 10.4. The van der Waals surface area contributed by atoms with E-state index in [0.717, 1.165) is 12.0 Å². The van der Waals surface area contributed by atoms with Gasteiger partial charge in [-0.1, -0.05) is 36.4 Å². The Morgan fingerprint density at radius 2 is 2.00 bits per heavy atom. The zero-order valence-corrected chi connectivity index (χ0v) is 13.1. The van der Waals surface area contributed by atoms with Crippen molar-refractivity contribution in [3.05, 3.63) is 47.5 Å². The average Bonchev–Trinajstić information content (AvgIpc) is 2.45. The maximum Gasteiger partial charge on any atom is 0.328 e. The largest absolute Gasteiger partial charge is 0.480 e. The van der Waals surface area contributed by atoms with Crippen LogP contribution in [0.1, 0.15) is 31.9 Å².